The first kappa shape index (κ1) is 8.79. The Hall–Kier alpha value is -0.795. The Morgan fingerprint density at radius 1 is 1.31 bits per heavy atom. The summed E-state index contributed by atoms with van der Waals surface area (Å²) in [5.74, 6) is 0.419. The summed E-state index contributed by atoms with van der Waals surface area (Å²) in [5, 5.41) is 17.9. The van der Waals surface area contributed by atoms with Crippen LogP contribution in [0.5, 0.6) is 0 Å². The maximum atomic E-state index is 8.97. The number of hydrogen-bond acceptors (Lipinski definition) is 2. The van der Waals surface area contributed by atoms with Crippen molar-refractivity contribution in [3.05, 3.63) is 35.4 Å². The summed E-state index contributed by atoms with van der Waals surface area (Å²) in [6, 6.07) is 8.14. The van der Waals surface area contributed by atoms with Crippen molar-refractivity contribution >= 4 is 7.12 Å². The van der Waals surface area contributed by atoms with Crippen LogP contribution < -0.4 is 0 Å². The molecule has 0 saturated heterocycles. The second kappa shape index (κ2) is 3.16. The topological polar surface area (TPSA) is 40.5 Å². The fourth-order valence-electron chi connectivity index (χ4n) is 1.90. The molecule has 0 bridgehead atoms. The maximum Gasteiger partial charge on any atom is 0.455 e. The SMILES string of the molecule is Cc1ccccc1C1C[C@H]1B(O)O. The van der Waals surface area contributed by atoms with E-state index in [1.165, 1.54) is 11.1 Å². The minimum absolute atomic E-state index is 0.0566. The van der Waals surface area contributed by atoms with E-state index in [9.17, 15) is 0 Å². The summed E-state index contributed by atoms with van der Waals surface area (Å²) in [7, 11) is -1.15. The van der Waals surface area contributed by atoms with Gasteiger partial charge in [0, 0.05) is 5.82 Å². The third-order valence-electron chi connectivity index (χ3n) is 2.81. The van der Waals surface area contributed by atoms with E-state index in [2.05, 4.69) is 19.1 Å². The monoisotopic (exact) mass is 176 g/mol. The standard InChI is InChI=1S/C10H13BO2/c1-7-4-2-3-5-8(7)9-6-10(9)11(12)13/h2-5,9-10,12-13H,6H2,1H3/t9?,10-/m1/s1. The molecule has 2 rings (SSSR count). The predicted octanol–water partition coefficient (Wildman–Crippen LogP) is 1.33. The van der Waals surface area contributed by atoms with Gasteiger partial charge in [-0.25, -0.2) is 0 Å². The Balaban J connectivity index is 2.16. The van der Waals surface area contributed by atoms with Crippen LogP contribution in [-0.4, -0.2) is 17.2 Å². The van der Waals surface area contributed by atoms with Crippen LogP contribution in [0.25, 0.3) is 0 Å². The van der Waals surface area contributed by atoms with Gasteiger partial charge in [-0.05, 0) is 30.4 Å². The Morgan fingerprint density at radius 2 is 2.00 bits per heavy atom. The van der Waals surface area contributed by atoms with Crippen molar-refractivity contribution in [1.29, 1.82) is 0 Å². The minimum atomic E-state index is -1.15. The predicted molar refractivity (Wildman–Crippen MR) is 52.5 cm³/mol. The maximum absolute atomic E-state index is 8.97. The third kappa shape index (κ3) is 1.62. The molecule has 0 amide bonds. The Labute approximate surface area is 78.4 Å². The van der Waals surface area contributed by atoms with Gasteiger partial charge in [-0.2, -0.15) is 0 Å². The van der Waals surface area contributed by atoms with E-state index in [1.807, 2.05) is 12.1 Å². The molecular weight excluding hydrogens is 163 g/mol. The van der Waals surface area contributed by atoms with Gasteiger partial charge in [-0.1, -0.05) is 24.3 Å². The third-order valence-corrected chi connectivity index (χ3v) is 2.81. The summed E-state index contributed by atoms with van der Waals surface area (Å²) >= 11 is 0. The molecule has 13 heavy (non-hydrogen) atoms. The van der Waals surface area contributed by atoms with Crippen LogP contribution >= 0.6 is 0 Å². The Morgan fingerprint density at radius 3 is 2.54 bits per heavy atom. The summed E-state index contributed by atoms with van der Waals surface area (Å²) < 4.78 is 0. The fraction of sp³-hybridized carbons (Fsp3) is 0.400. The van der Waals surface area contributed by atoms with Crippen LogP contribution in [-0.2, 0) is 0 Å². The van der Waals surface area contributed by atoms with Crippen LogP contribution in [0.2, 0.25) is 5.82 Å². The summed E-state index contributed by atoms with van der Waals surface area (Å²) in [6.07, 6.45) is 0.905. The van der Waals surface area contributed by atoms with Crippen molar-refractivity contribution in [1.82, 2.24) is 0 Å². The van der Waals surface area contributed by atoms with Gasteiger partial charge in [-0.15, -0.1) is 0 Å². The highest BCUT2D eigenvalue weighted by atomic mass is 16.4. The van der Waals surface area contributed by atoms with Gasteiger partial charge in [-0.3, -0.25) is 0 Å². The van der Waals surface area contributed by atoms with Crippen molar-refractivity contribution in [2.75, 3.05) is 0 Å². The van der Waals surface area contributed by atoms with Gasteiger partial charge in [0.2, 0.25) is 0 Å². The zero-order chi connectivity index (χ0) is 9.42. The fourth-order valence-corrected chi connectivity index (χ4v) is 1.90. The molecule has 1 aliphatic rings. The lowest BCUT2D eigenvalue weighted by atomic mass is 9.80. The number of hydrogen-bond donors (Lipinski definition) is 2. The van der Waals surface area contributed by atoms with Crippen molar-refractivity contribution in [3.8, 4) is 0 Å². The first-order chi connectivity index (χ1) is 6.20. The molecule has 1 aliphatic carbocycles. The first-order valence-corrected chi connectivity index (χ1v) is 4.62. The van der Waals surface area contributed by atoms with E-state index < -0.39 is 7.12 Å². The largest absolute Gasteiger partial charge is 0.455 e. The second-order valence-electron chi connectivity index (χ2n) is 3.78. The van der Waals surface area contributed by atoms with Crippen LogP contribution in [0.4, 0.5) is 0 Å². The van der Waals surface area contributed by atoms with Gasteiger partial charge >= 0.3 is 7.12 Å². The quantitative estimate of drug-likeness (QED) is 0.667. The first-order valence-electron chi connectivity index (χ1n) is 4.62. The van der Waals surface area contributed by atoms with E-state index >= 15 is 0 Å². The summed E-state index contributed by atoms with van der Waals surface area (Å²) in [4.78, 5) is 0. The second-order valence-corrected chi connectivity index (χ2v) is 3.78. The average Bonchev–Trinajstić information content (AvgIpc) is 2.84. The summed E-state index contributed by atoms with van der Waals surface area (Å²) in [6.45, 7) is 2.06. The Bertz CT molecular complexity index is 312. The molecule has 1 aromatic rings. The number of aryl methyl sites for hydroxylation is 1. The van der Waals surface area contributed by atoms with Crippen molar-refractivity contribution in [3.63, 3.8) is 0 Å². The molecule has 1 saturated carbocycles. The molecule has 0 heterocycles. The molecule has 1 unspecified atom stereocenters. The smallest absolute Gasteiger partial charge is 0.427 e. The van der Waals surface area contributed by atoms with E-state index in [4.69, 9.17) is 10.0 Å². The van der Waals surface area contributed by atoms with Crippen LogP contribution in [0.3, 0.4) is 0 Å². The van der Waals surface area contributed by atoms with Crippen molar-refractivity contribution < 1.29 is 10.0 Å². The normalized spacial score (nSPS) is 25.8. The molecule has 0 radical (unpaired) electrons. The van der Waals surface area contributed by atoms with Gasteiger partial charge in [0.15, 0.2) is 0 Å². The lowest BCUT2D eigenvalue weighted by molar-refractivity contribution is 0.402. The number of rotatable bonds is 2. The minimum Gasteiger partial charge on any atom is -0.427 e. The van der Waals surface area contributed by atoms with E-state index in [0.29, 0.717) is 5.92 Å². The lowest BCUT2D eigenvalue weighted by Gasteiger charge is -2.03. The molecule has 68 valence electrons. The van der Waals surface area contributed by atoms with Crippen LogP contribution in [0, 0.1) is 6.92 Å². The van der Waals surface area contributed by atoms with Crippen molar-refractivity contribution in [2.45, 2.75) is 25.1 Å². The molecule has 0 aliphatic heterocycles. The van der Waals surface area contributed by atoms with Gasteiger partial charge in [0.25, 0.3) is 0 Å². The highest BCUT2D eigenvalue weighted by Crippen LogP contribution is 2.54. The average molecular weight is 176 g/mol. The van der Waals surface area contributed by atoms with Gasteiger partial charge < -0.3 is 10.0 Å². The van der Waals surface area contributed by atoms with E-state index in [1.54, 1.807) is 0 Å². The molecule has 0 aromatic heterocycles. The molecule has 2 N–H and O–H groups in total. The van der Waals surface area contributed by atoms with E-state index in [-0.39, 0.29) is 5.82 Å². The van der Waals surface area contributed by atoms with Crippen molar-refractivity contribution in [2.24, 2.45) is 0 Å². The van der Waals surface area contributed by atoms with Gasteiger partial charge in [0.1, 0.15) is 0 Å². The van der Waals surface area contributed by atoms with Crippen LogP contribution in [0.1, 0.15) is 23.5 Å². The molecule has 2 atom stereocenters. The summed E-state index contributed by atoms with van der Waals surface area (Å²) in [5.41, 5.74) is 2.51. The van der Waals surface area contributed by atoms with E-state index in [0.717, 1.165) is 6.42 Å². The zero-order valence-electron chi connectivity index (χ0n) is 7.64. The van der Waals surface area contributed by atoms with Gasteiger partial charge in [0.05, 0.1) is 0 Å². The zero-order valence-corrected chi connectivity index (χ0v) is 7.64. The molecular formula is C10H13BO2. The molecule has 1 aromatic carbocycles. The Kier molecular flexibility index (Phi) is 2.14. The lowest BCUT2D eigenvalue weighted by Crippen LogP contribution is -2.11. The highest BCUT2D eigenvalue weighted by Gasteiger charge is 2.46. The molecule has 3 heteroatoms. The molecule has 2 nitrogen and oxygen atoms in total. The molecule has 1 fully saturated rings. The highest BCUT2D eigenvalue weighted by molar-refractivity contribution is 6.44. The number of benzene rings is 1. The molecule has 0 spiro atoms. The van der Waals surface area contributed by atoms with Crippen LogP contribution in [0.15, 0.2) is 24.3 Å².